The zero-order valence-corrected chi connectivity index (χ0v) is 10.3. The van der Waals surface area contributed by atoms with Crippen LogP contribution in [-0.2, 0) is 6.42 Å². The van der Waals surface area contributed by atoms with Crippen LogP contribution in [0, 0.1) is 13.8 Å². The van der Waals surface area contributed by atoms with Gasteiger partial charge in [-0.1, -0.05) is 29.8 Å². The molecule has 4 heteroatoms. The summed E-state index contributed by atoms with van der Waals surface area (Å²) in [6, 6.07) is 8.58. The monoisotopic (exact) mass is 233 g/mol. The van der Waals surface area contributed by atoms with E-state index >= 15 is 0 Å². The Morgan fingerprint density at radius 2 is 2.19 bits per heavy atom. The number of aryl methyl sites for hydroxylation is 2. The van der Waals surface area contributed by atoms with E-state index in [9.17, 15) is 0 Å². The molecule has 3 nitrogen and oxygen atoms in total. The summed E-state index contributed by atoms with van der Waals surface area (Å²) in [6.07, 6.45) is 1.01. The number of nitrogens with zero attached hydrogens (tertiary/aromatic N) is 2. The third kappa shape index (κ3) is 3.03. The second-order valence-electron chi connectivity index (χ2n) is 3.81. The average Bonchev–Trinajstić information content (AvgIpc) is 2.64. The smallest absolute Gasteiger partial charge is 0.202 e. The number of rotatable bonds is 4. The summed E-state index contributed by atoms with van der Waals surface area (Å²) in [5, 5.41) is 4.19. The lowest BCUT2D eigenvalue weighted by atomic mass is 10.1. The molecular formula is C12H15N3S. The molecule has 0 atom stereocenters. The highest BCUT2D eigenvalue weighted by Gasteiger charge is 1.99. The van der Waals surface area contributed by atoms with Crippen molar-refractivity contribution in [2.45, 2.75) is 20.3 Å². The maximum atomic E-state index is 4.26. The molecule has 1 aromatic heterocycles. The van der Waals surface area contributed by atoms with E-state index in [0.29, 0.717) is 0 Å². The molecule has 0 saturated heterocycles. The zero-order chi connectivity index (χ0) is 11.4. The second-order valence-corrected chi connectivity index (χ2v) is 4.56. The Morgan fingerprint density at radius 3 is 2.88 bits per heavy atom. The molecule has 0 aliphatic rings. The molecular weight excluding hydrogens is 218 g/mol. The predicted octanol–water partition coefficient (Wildman–Crippen LogP) is 2.81. The normalized spacial score (nSPS) is 10.4. The van der Waals surface area contributed by atoms with E-state index in [4.69, 9.17) is 0 Å². The standard InChI is InChI=1S/C12H15N3S/c1-9-4-3-5-11(8-9)6-7-13-12-14-10(2)15-16-12/h3-5,8H,6-7H2,1-2H3,(H,13,14,15). The number of nitrogens with one attached hydrogen (secondary N) is 1. The minimum atomic E-state index is 0.836. The molecule has 0 unspecified atom stereocenters. The second kappa shape index (κ2) is 5.07. The topological polar surface area (TPSA) is 37.8 Å². The summed E-state index contributed by atoms with van der Waals surface area (Å²) < 4.78 is 4.12. The Bertz CT molecular complexity index is 465. The van der Waals surface area contributed by atoms with Gasteiger partial charge in [0, 0.05) is 18.1 Å². The molecule has 0 saturated carbocycles. The first-order chi connectivity index (χ1) is 7.74. The van der Waals surface area contributed by atoms with E-state index in [2.05, 4.69) is 45.9 Å². The Kier molecular flexibility index (Phi) is 3.51. The van der Waals surface area contributed by atoms with Crippen molar-refractivity contribution in [2.75, 3.05) is 11.9 Å². The Balaban J connectivity index is 1.84. The van der Waals surface area contributed by atoms with Crippen molar-refractivity contribution in [1.29, 1.82) is 0 Å². The number of anilines is 1. The van der Waals surface area contributed by atoms with Crippen molar-refractivity contribution in [1.82, 2.24) is 9.36 Å². The average molecular weight is 233 g/mol. The zero-order valence-electron chi connectivity index (χ0n) is 9.53. The molecule has 0 amide bonds. The van der Waals surface area contributed by atoms with Gasteiger partial charge in [-0.2, -0.15) is 4.37 Å². The van der Waals surface area contributed by atoms with Crippen LogP contribution in [-0.4, -0.2) is 15.9 Å². The van der Waals surface area contributed by atoms with Gasteiger partial charge in [-0.25, -0.2) is 4.98 Å². The van der Waals surface area contributed by atoms with Gasteiger partial charge < -0.3 is 5.32 Å². The van der Waals surface area contributed by atoms with E-state index in [1.165, 1.54) is 22.7 Å². The summed E-state index contributed by atoms with van der Waals surface area (Å²) in [7, 11) is 0. The van der Waals surface area contributed by atoms with E-state index in [1.54, 1.807) is 0 Å². The highest BCUT2D eigenvalue weighted by atomic mass is 32.1. The molecule has 0 aliphatic carbocycles. The minimum absolute atomic E-state index is 0.836. The first-order valence-electron chi connectivity index (χ1n) is 5.34. The number of benzene rings is 1. The van der Waals surface area contributed by atoms with Crippen LogP contribution >= 0.6 is 11.5 Å². The van der Waals surface area contributed by atoms with Crippen LogP contribution in [0.15, 0.2) is 24.3 Å². The van der Waals surface area contributed by atoms with Crippen molar-refractivity contribution in [3.63, 3.8) is 0 Å². The van der Waals surface area contributed by atoms with Crippen LogP contribution in [0.4, 0.5) is 5.13 Å². The summed E-state index contributed by atoms with van der Waals surface area (Å²) in [5.41, 5.74) is 2.66. The number of hydrogen-bond donors (Lipinski definition) is 1. The lowest BCUT2D eigenvalue weighted by Gasteiger charge is -2.03. The molecule has 0 aliphatic heterocycles. The van der Waals surface area contributed by atoms with Gasteiger partial charge >= 0.3 is 0 Å². The highest BCUT2D eigenvalue weighted by molar-refractivity contribution is 7.09. The quantitative estimate of drug-likeness (QED) is 0.882. The number of hydrogen-bond acceptors (Lipinski definition) is 4. The first kappa shape index (κ1) is 11.1. The minimum Gasteiger partial charge on any atom is -0.360 e. The molecule has 1 aromatic carbocycles. The molecule has 2 rings (SSSR count). The van der Waals surface area contributed by atoms with E-state index in [-0.39, 0.29) is 0 Å². The van der Waals surface area contributed by atoms with Crippen molar-refractivity contribution < 1.29 is 0 Å². The molecule has 0 bridgehead atoms. The van der Waals surface area contributed by atoms with E-state index in [0.717, 1.165) is 23.9 Å². The largest absolute Gasteiger partial charge is 0.360 e. The Morgan fingerprint density at radius 1 is 1.31 bits per heavy atom. The van der Waals surface area contributed by atoms with Gasteiger partial charge in [-0.15, -0.1) is 0 Å². The fraction of sp³-hybridized carbons (Fsp3) is 0.333. The van der Waals surface area contributed by atoms with Crippen molar-refractivity contribution in [3.8, 4) is 0 Å². The molecule has 16 heavy (non-hydrogen) atoms. The van der Waals surface area contributed by atoms with E-state index in [1.807, 2.05) is 6.92 Å². The third-order valence-electron chi connectivity index (χ3n) is 2.30. The molecule has 84 valence electrons. The Hall–Kier alpha value is -1.42. The maximum absolute atomic E-state index is 4.26. The molecule has 0 radical (unpaired) electrons. The summed E-state index contributed by atoms with van der Waals surface area (Å²) in [6.45, 7) is 4.92. The van der Waals surface area contributed by atoms with Gasteiger partial charge in [-0.3, -0.25) is 0 Å². The SMILES string of the molecule is Cc1cccc(CCNc2nc(C)ns2)c1. The summed E-state index contributed by atoms with van der Waals surface area (Å²) in [4.78, 5) is 4.26. The van der Waals surface area contributed by atoms with Crippen LogP contribution in [0.5, 0.6) is 0 Å². The van der Waals surface area contributed by atoms with Gasteiger partial charge in [0.1, 0.15) is 5.82 Å². The summed E-state index contributed by atoms with van der Waals surface area (Å²) in [5.74, 6) is 0.836. The lowest BCUT2D eigenvalue weighted by Crippen LogP contribution is -2.04. The number of aromatic nitrogens is 2. The third-order valence-corrected chi connectivity index (χ3v) is 3.06. The van der Waals surface area contributed by atoms with Crippen LogP contribution in [0.25, 0.3) is 0 Å². The van der Waals surface area contributed by atoms with Crippen molar-refractivity contribution in [3.05, 3.63) is 41.2 Å². The fourth-order valence-electron chi connectivity index (χ4n) is 1.55. The summed E-state index contributed by atoms with van der Waals surface area (Å²) >= 11 is 1.42. The van der Waals surface area contributed by atoms with Gasteiger partial charge in [0.25, 0.3) is 0 Å². The molecule has 0 spiro atoms. The van der Waals surface area contributed by atoms with Crippen molar-refractivity contribution >= 4 is 16.7 Å². The van der Waals surface area contributed by atoms with Crippen molar-refractivity contribution in [2.24, 2.45) is 0 Å². The van der Waals surface area contributed by atoms with Crippen LogP contribution < -0.4 is 5.32 Å². The fourth-order valence-corrected chi connectivity index (χ4v) is 2.15. The van der Waals surface area contributed by atoms with Crippen LogP contribution in [0.2, 0.25) is 0 Å². The van der Waals surface area contributed by atoms with Gasteiger partial charge in [0.05, 0.1) is 0 Å². The Labute approximate surface area is 99.7 Å². The molecule has 1 heterocycles. The van der Waals surface area contributed by atoms with Gasteiger partial charge in [0.15, 0.2) is 0 Å². The van der Waals surface area contributed by atoms with Gasteiger partial charge in [0.2, 0.25) is 5.13 Å². The van der Waals surface area contributed by atoms with E-state index < -0.39 is 0 Å². The predicted molar refractivity (Wildman–Crippen MR) is 68.0 cm³/mol. The molecule has 2 aromatic rings. The lowest BCUT2D eigenvalue weighted by molar-refractivity contribution is 1.01. The molecule has 1 N–H and O–H groups in total. The van der Waals surface area contributed by atoms with Crippen LogP contribution in [0.3, 0.4) is 0 Å². The van der Waals surface area contributed by atoms with Crippen LogP contribution in [0.1, 0.15) is 17.0 Å². The highest BCUT2D eigenvalue weighted by Crippen LogP contribution is 2.10. The maximum Gasteiger partial charge on any atom is 0.202 e. The first-order valence-corrected chi connectivity index (χ1v) is 6.11. The molecule has 0 fully saturated rings. The van der Waals surface area contributed by atoms with Gasteiger partial charge in [-0.05, 0) is 25.8 Å².